The summed E-state index contributed by atoms with van der Waals surface area (Å²) < 4.78 is 13.7. The van der Waals surface area contributed by atoms with Gasteiger partial charge in [0.2, 0.25) is 5.95 Å². The summed E-state index contributed by atoms with van der Waals surface area (Å²) in [5, 5.41) is 6.07. The van der Waals surface area contributed by atoms with Gasteiger partial charge in [-0.1, -0.05) is 0 Å². The van der Waals surface area contributed by atoms with E-state index in [-0.39, 0.29) is 5.82 Å². The van der Waals surface area contributed by atoms with E-state index in [0.29, 0.717) is 23.8 Å². The molecule has 98 valence electrons. The minimum Gasteiger partial charge on any atom is -0.363 e. The molecule has 2 N–H and O–H groups in total. The van der Waals surface area contributed by atoms with Gasteiger partial charge < -0.3 is 10.6 Å². The van der Waals surface area contributed by atoms with Crippen molar-refractivity contribution in [1.82, 2.24) is 14.9 Å². The molecule has 0 aliphatic carbocycles. The van der Waals surface area contributed by atoms with Crippen LogP contribution >= 0.6 is 0 Å². The SMILES string of the molecule is CNc1ncc(F)c(NC2CCN3CCCC23)n1. The molecule has 1 aromatic heterocycles. The van der Waals surface area contributed by atoms with E-state index < -0.39 is 0 Å². The number of hydrogen-bond donors (Lipinski definition) is 2. The van der Waals surface area contributed by atoms with E-state index in [9.17, 15) is 4.39 Å². The first-order chi connectivity index (χ1) is 8.78. The van der Waals surface area contributed by atoms with Gasteiger partial charge in [-0.2, -0.15) is 4.98 Å². The molecule has 2 saturated heterocycles. The van der Waals surface area contributed by atoms with Gasteiger partial charge in [0.05, 0.1) is 6.20 Å². The molecule has 2 atom stereocenters. The summed E-state index contributed by atoms with van der Waals surface area (Å²) in [6, 6.07) is 0.846. The molecule has 18 heavy (non-hydrogen) atoms. The van der Waals surface area contributed by atoms with Gasteiger partial charge in [-0.05, 0) is 25.8 Å². The molecule has 2 aliphatic heterocycles. The first kappa shape index (κ1) is 11.6. The van der Waals surface area contributed by atoms with Crippen LogP contribution in [0.15, 0.2) is 6.20 Å². The Labute approximate surface area is 106 Å². The number of nitrogens with zero attached hydrogens (tertiary/aromatic N) is 3. The fraction of sp³-hybridized carbons (Fsp3) is 0.667. The molecule has 5 nitrogen and oxygen atoms in total. The molecule has 0 amide bonds. The molecule has 1 aromatic rings. The third kappa shape index (κ3) is 2.01. The largest absolute Gasteiger partial charge is 0.363 e. The lowest BCUT2D eigenvalue weighted by atomic mass is 10.1. The van der Waals surface area contributed by atoms with Gasteiger partial charge in [-0.15, -0.1) is 0 Å². The standard InChI is InChI=1S/C12H18FN5/c1-14-12-15-7-8(13)11(17-12)16-9-4-6-18-5-2-3-10(9)18/h7,9-10H,2-6H2,1H3,(H2,14,15,16,17). The summed E-state index contributed by atoms with van der Waals surface area (Å²) in [6.45, 7) is 2.28. The quantitative estimate of drug-likeness (QED) is 0.848. The van der Waals surface area contributed by atoms with Crippen LogP contribution in [0.3, 0.4) is 0 Å². The van der Waals surface area contributed by atoms with Crippen LogP contribution in [0.25, 0.3) is 0 Å². The van der Waals surface area contributed by atoms with Gasteiger partial charge in [0, 0.05) is 25.7 Å². The monoisotopic (exact) mass is 251 g/mol. The van der Waals surface area contributed by atoms with E-state index in [2.05, 4.69) is 25.5 Å². The van der Waals surface area contributed by atoms with Crippen LogP contribution < -0.4 is 10.6 Å². The van der Waals surface area contributed by atoms with E-state index >= 15 is 0 Å². The van der Waals surface area contributed by atoms with Gasteiger partial charge in [-0.3, -0.25) is 4.90 Å². The predicted molar refractivity (Wildman–Crippen MR) is 68.2 cm³/mol. The molecule has 3 rings (SSSR count). The molecular formula is C12H18FN5. The van der Waals surface area contributed by atoms with Crippen molar-refractivity contribution in [3.05, 3.63) is 12.0 Å². The molecule has 2 fully saturated rings. The zero-order chi connectivity index (χ0) is 12.5. The number of hydrogen-bond acceptors (Lipinski definition) is 5. The molecule has 2 unspecified atom stereocenters. The lowest BCUT2D eigenvalue weighted by Crippen LogP contribution is -2.34. The fourth-order valence-corrected chi connectivity index (χ4v) is 3.02. The molecule has 6 heteroatoms. The van der Waals surface area contributed by atoms with E-state index in [1.54, 1.807) is 7.05 Å². The van der Waals surface area contributed by atoms with Crippen molar-refractivity contribution in [2.45, 2.75) is 31.3 Å². The Hall–Kier alpha value is -1.43. The van der Waals surface area contributed by atoms with Crippen LogP contribution in [0.1, 0.15) is 19.3 Å². The van der Waals surface area contributed by atoms with Gasteiger partial charge in [0.15, 0.2) is 11.6 Å². The Bertz CT molecular complexity index is 438. The van der Waals surface area contributed by atoms with Crippen molar-refractivity contribution in [3.8, 4) is 0 Å². The lowest BCUT2D eigenvalue weighted by molar-refractivity contribution is 0.318. The highest BCUT2D eigenvalue weighted by Crippen LogP contribution is 2.30. The highest BCUT2D eigenvalue weighted by Gasteiger charge is 2.37. The van der Waals surface area contributed by atoms with Crippen LogP contribution in [0, 0.1) is 5.82 Å². The van der Waals surface area contributed by atoms with Crippen LogP contribution in [0.2, 0.25) is 0 Å². The molecule has 0 bridgehead atoms. The van der Waals surface area contributed by atoms with Crippen molar-refractivity contribution in [3.63, 3.8) is 0 Å². The number of fused-ring (bicyclic) bond motifs is 1. The molecule has 0 radical (unpaired) electrons. The lowest BCUT2D eigenvalue weighted by Gasteiger charge is -2.21. The maximum absolute atomic E-state index is 13.7. The van der Waals surface area contributed by atoms with Crippen LogP contribution in [0.4, 0.5) is 16.2 Å². The van der Waals surface area contributed by atoms with E-state index in [1.165, 1.54) is 25.6 Å². The Morgan fingerprint density at radius 2 is 2.28 bits per heavy atom. The third-order valence-corrected chi connectivity index (χ3v) is 3.90. The van der Waals surface area contributed by atoms with E-state index in [0.717, 1.165) is 13.0 Å². The summed E-state index contributed by atoms with van der Waals surface area (Å²) in [5.74, 6) is 0.374. The summed E-state index contributed by atoms with van der Waals surface area (Å²) in [7, 11) is 1.73. The second-order valence-electron chi connectivity index (χ2n) is 4.93. The van der Waals surface area contributed by atoms with Gasteiger partial charge in [0.1, 0.15) is 0 Å². The Balaban J connectivity index is 1.76. The predicted octanol–water partition coefficient (Wildman–Crippen LogP) is 1.31. The maximum Gasteiger partial charge on any atom is 0.224 e. The molecular weight excluding hydrogens is 233 g/mol. The number of aromatic nitrogens is 2. The van der Waals surface area contributed by atoms with Crippen molar-refractivity contribution in [2.75, 3.05) is 30.8 Å². The summed E-state index contributed by atoms with van der Waals surface area (Å²) in [6.07, 6.45) is 4.71. The van der Waals surface area contributed by atoms with Crippen LogP contribution in [-0.4, -0.2) is 47.1 Å². The van der Waals surface area contributed by atoms with Crippen molar-refractivity contribution < 1.29 is 4.39 Å². The summed E-state index contributed by atoms with van der Waals surface area (Å²) in [5.41, 5.74) is 0. The molecule has 0 aromatic carbocycles. The number of anilines is 2. The van der Waals surface area contributed by atoms with E-state index in [1.807, 2.05) is 0 Å². The number of nitrogens with one attached hydrogen (secondary N) is 2. The number of rotatable bonds is 3. The minimum absolute atomic E-state index is 0.307. The molecule has 2 aliphatic rings. The Kier molecular flexibility index (Phi) is 3.03. The van der Waals surface area contributed by atoms with Crippen molar-refractivity contribution in [2.24, 2.45) is 0 Å². The topological polar surface area (TPSA) is 53.1 Å². The first-order valence-corrected chi connectivity index (χ1v) is 6.49. The fourth-order valence-electron chi connectivity index (χ4n) is 3.02. The molecule has 3 heterocycles. The first-order valence-electron chi connectivity index (χ1n) is 6.49. The minimum atomic E-state index is -0.384. The summed E-state index contributed by atoms with van der Waals surface area (Å²) >= 11 is 0. The average molecular weight is 251 g/mol. The second kappa shape index (κ2) is 4.68. The summed E-state index contributed by atoms with van der Waals surface area (Å²) in [4.78, 5) is 10.5. The van der Waals surface area contributed by atoms with Gasteiger partial charge in [0.25, 0.3) is 0 Å². The molecule has 0 spiro atoms. The highest BCUT2D eigenvalue weighted by atomic mass is 19.1. The highest BCUT2D eigenvalue weighted by molar-refractivity contribution is 5.42. The number of halogens is 1. The normalized spacial score (nSPS) is 27.2. The van der Waals surface area contributed by atoms with Crippen LogP contribution in [0.5, 0.6) is 0 Å². The van der Waals surface area contributed by atoms with Gasteiger partial charge >= 0.3 is 0 Å². The van der Waals surface area contributed by atoms with Crippen molar-refractivity contribution in [1.29, 1.82) is 0 Å². The van der Waals surface area contributed by atoms with Gasteiger partial charge in [-0.25, -0.2) is 9.37 Å². The smallest absolute Gasteiger partial charge is 0.224 e. The zero-order valence-electron chi connectivity index (χ0n) is 10.5. The molecule has 0 saturated carbocycles. The third-order valence-electron chi connectivity index (χ3n) is 3.90. The van der Waals surface area contributed by atoms with Crippen molar-refractivity contribution >= 4 is 11.8 Å². The zero-order valence-corrected chi connectivity index (χ0v) is 10.5. The Morgan fingerprint density at radius 1 is 1.39 bits per heavy atom. The second-order valence-corrected chi connectivity index (χ2v) is 4.93. The average Bonchev–Trinajstić information content (AvgIpc) is 2.96. The maximum atomic E-state index is 13.7. The van der Waals surface area contributed by atoms with Crippen LogP contribution in [-0.2, 0) is 0 Å². The Morgan fingerprint density at radius 3 is 3.11 bits per heavy atom. The van der Waals surface area contributed by atoms with E-state index in [4.69, 9.17) is 0 Å².